The number of unbranched alkanes of at least 4 members (excludes halogenated alkanes) is 4. The third-order valence-corrected chi connectivity index (χ3v) is 7.84. The number of anilines is 1. The number of halogens is 1. The SMILES string of the molecule is C=Cc1cccc(C(C(=O)Nc2c(C)cccc2Cl)N(CCCCCCC)C(=O)C(CCSC)NC(=O)OC(C)(C)C)c1. The largest absolute Gasteiger partial charge is 0.444 e. The molecule has 0 aliphatic rings. The Labute approximate surface area is 267 Å². The number of alkyl carbamates (subject to hydrolysis) is 1. The average molecular weight is 630 g/mol. The van der Waals surface area contributed by atoms with Crippen LogP contribution in [0.1, 0.15) is 89.0 Å². The van der Waals surface area contributed by atoms with E-state index in [1.54, 1.807) is 49.6 Å². The van der Waals surface area contributed by atoms with E-state index in [1.807, 2.05) is 49.6 Å². The van der Waals surface area contributed by atoms with Crippen LogP contribution in [0, 0.1) is 6.92 Å². The molecule has 0 bridgehead atoms. The second kappa shape index (κ2) is 18.0. The summed E-state index contributed by atoms with van der Waals surface area (Å²) in [7, 11) is 0. The van der Waals surface area contributed by atoms with Crippen LogP contribution in [-0.2, 0) is 14.3 Å². The number of hydrogen-bond acceptors (Lipinski definition) is 5. The fourth-order valence-electron chi connectivity index (χ4n) is 4.71. The summed E-state index contributed by atoms with van der Waals surface area (Å²) >= 11 is 8.07. The van der Waals surface area contributed by atoms with Crippen LogP contribution in [-0.4, -0.2) is 53.0 Å². The van der Waals surface area contributed by atoms with Crippen molar-refractivity contribution in [2.45, 2.75) is 90.8 Å². The molecular weight excluding hydrogens is 582 g/mol. The number of benzene rings is 2. The molecule has 0 fully saturated rings. The van der Waals surface area contributed by atoms with Gasteiger partial charge in [0.2, 0.25) is 5.91 Å². The van der Waals surface area contributed by atoms with Gasteiger partial charge in [0.25, 0.3) is 5.91 Å². The van der Waals surface area contributed by atoms with Gasteiger partial charge >= 0.3 is 6.09 Å². The zero-order chi connectivity index (χ0) is 32.0. The van der Waals surface area contributed by atoms with Crippen LogP contribution in [0.25, 0.3) is 6.08 Å². The van der Waals surface area contributed by atoms with Crippen LogP contribution < -0.4 is 10.6 Å². The smallest absolute Gasteiger partial charge is 0.408 e. The molecule has 2 N–H and O–H groups in total. The summed E-state index contributed by atoms with van der Waals surface area (Å²) in [6.45, 7) is 13.6. The molecule has 0 saturated heterocycles. The molecule has 2 atom stereocenters. The van der Waals surface area contributed by atoms with Crippen molar-refractivity contribution >= 4 is 53.0 Å². The molecule has 0 spiro atoms. The Balaban J connectivity index is 2.60. The number of nitrogens with zero attached hydrogens (tertiary/aromatic N) is 1. The Bertz CT molecular complexity index is 1210. The Morgan fingerprint density at radius 1 is 1.09 bits per heavy atom. The van der Waals surface area contributed by atoms with Gasteiger partial charge in [0.15, 0.2) is 0 Å². The lowest BCUT2D eigenvalue weighted by atomic mass is 9.99. The minimum Gasteiger partial charge on any atom is -0.444 e. The maximum Gasteiger partial charge on any atom is 0.408 e. The number of ether oxygens (including phenoxy) is 1. The molecule has 0 aliphatic carbocycles. The van der Waals surface area contributed by atoms with Crippen molar-refractivity contribution in [3.63, 3.8) is 0 Å². The van der Waals surface area contributed by atoms with E-state index >= 15 is 0 Å². The van der Waals surface area contributed by atoms with Crippen LogP contribution in [0.4, 0.5) is 10.5 Å². The highest BCUT2D eigenvalue weighted by Gasteiger charge is 2.36. The van der Waals surface area contributed by atoms with Crippen LogP contribution in [0.3, 0.4) is 0 Å². The summed E-state index contributed by atoms with van der Waals surface area (Å²) in [6.07, 6.45) is 8.22. The van der Waals surface area contributed by atoms with Gasteiger partial charge in [0.05, 0.1) is 10.7 Å². The fraction of sp³-hybridized carbons (Fsp3) is 0.500. The summed E-state index contributed by atoms with van der Waals surface area (Å²) in [5.74, 6) is -0.0892. The number of carbonyl (C=O) groups is 3. The number of nitrogens with one attached hydrogen (secondary N) is 2. The van der Waals surface area contributed by atoms with Crippen LogP contribution in [0.15, 0.2) is 49.0 Å². The van der Waals surface area contributed by atoms with Crippen molar-refractivity contribution in [3.8, 4) is 0 Å². The first-order chi connectivity index (χ1) is 20.4. The van der Waals surface area contributed by atoms with E-state index in [0.717, 1.165) is 36.8 Å². The Morgan fingerprint density at radius 3 is 2.42 bits per heavy atom. The van der Waals surface area contributed by atoms with Crippen LogP contribution in [0.5, 0.6) is 0 Å². The van der Waals surface area contributed by atoms with Gasteiger partial charge in [-0.25, -0.2) is 4.79 Å². The first kappa shape index (κ1) is 36.2. The number of thioether (sulfide) groups is 1. The number of para-hydroxylation sites is 1. The molecule has 0 aromatic heterocycles. The number of amides is 3. The molecule has 236 valence electrons. The predicted octanol–water partition coefficient (Wildman–Crippen LogP) is 8.42. The number of rotatable bonds is 16. The summed E-state index contributed by atoms with van der Waals surface area (Å²) in [5, 5.41) is 6.22. The standard InChI is InChI=1S/C34H48ClN3O4S/c1-8-10-11-12-13-21-38(32(40)28(20-22-43-7)36-33(41)42-34(4,5)6)30(26-18-15-17-25(9-2)23-26)31(39)37-29-24(3)16-14-19-27(29)35/h9,14-19,23,28,30H,2,8,10-13,20-22H2,1,3-7H3,(H,36,41)(H,37,39). The lowest BCUT2D eigenvalue weighted by molar-refractivity contribution is -0.141. The monoisotopic (exact) mass is 629 g/mol. The Kier molecular flexibility index (Phi) is 15.1. The van der Waals surface area contributed by atoms with Crippen molar-refractivity contribution in [1.82, 2.24) is 10.2 Å². The van der Waals surface area contributed by atoms with Gasteiger partial charge in [-0.05, 0) is 81.4 Å². The molecule has 43 heavy (non-hydrogen) atoms. The maximum atomic E-state index is 14.5. The molecule has 0 saturated carbocycles. The molecule has 9 heteroatoms. The highest BCUT2D eigenvalue weighted by atomic mass is 35.5. The molecule has 0 heterocycles. The highest BCUT2D eigenvalue weighted by molar-refractivity contribution is 7.98. The Hall–Kier alpha value is -2.97. The van der Waals surface area contributed by atoms with Gasteiger partial charge in [-0.2, -0.15) is 11.8 Å². The molecule has 2 aromatic rings. The van der Waals surface area contributed by atoms with Gasteiger partial charge in [-0.15, -0.1) is 0 Å². The molecule has 0 radical (unpaired) electrons. The summed E-state index contributed by atoms with van der Waals surface area (Å²) < 4.78 is 5.50. The normalized spacial score (nSPS) is 12.6. The summed E-state index contributed by atoms with van der Waals surface area (Å²) in [5.41, 5.74) is 2.05. The number of carbonyl (C=O) groups excluding carboxylic acids is 3. The highest BCUT2D eigenvalue weighted by Crippen LogP contribution is 2.30. The molecule has 7 nitrogen and oxygen atoms in total. The Morgan fingerprint density at radius 2 is 1.79 bits per heavy atom. The lowest BCUT2D eigenvalue weighted by Crippen LogP contribution is -2.52. The maximum absolute atomic E-state index is 14.5. The zero-order valence-corrected chi connectivity index (χ0v) is 28.1. The quantitative estimate of drug-likeness (QED) is 0.182. The van der Waals surface area contributed by atoms with E-state index in [0.29, 0.717) is 41.4 Å². The first-order valence-electron chi connectivity index (χ1n) is 15.0. The van der Waals surface area contributed by atoms with Crippen LogP contribution in [0.2, 0.25) is 5.02 Å². The average Bonchev–Trinajstić information content (AvgIpc) is 2.95. The van der Waals surface area contributed by atoms with E-state index in [1.165, 1.54) is 0 Å². The lowest BCUT2D eigenvalue weighted by Gasteiger charge is -2.35. The van der Waals surface area contributed by atoms with Crippen molar-refractivity contribution in [2.75, 3.05) is 23.9 Å². The van der Waals surface area contributed by atoms with Gasteiger partial charge in [0.1, 0.15) is 17.7 Å². The zero-order valence-electron chi connectivity index (χ0n) is 26.5. The van der Waals surface area contributed by atoms with Crippen molar-refractivity contribution in [2.24, 2.45) is 0 Å². The van der Waals surface area contributed by atoms with Gasteiger partial charge < -0.3 is 20.3 Å². The van der Waals surface area contributed by atoms with E-state index in [2.05, 4.69) is 24.1 Å². The van der Waals surface area contributed by atoms with Crippen molar-refractivity contribution in [1.29, 1.82) is 0 Å². The topological polar surface area (TPSA) is 87.7 Å². The number of aryl methyl sites for hydroxylation is 1. The van der Waals surface area contributed by atoms with Gasteiger partial charge in [-0.1, -0.05) is 87.2 Å². The van der Waals surface area contributed by atoms with Crippen molar-refractivity contribution in [3.05, 3.63) is 70.8 Å². The molecule has 0 aliphatic heterocycles. The second-order valence-corrected chi connectivity index (χ2v) is 13.0. The molecule has 2 aromatic carbocycles. The first-order valence-corrected chi connectivity index (χ1v) is 16.8. The second-order valence-electron chi connectivity index (χ2n) is 11.6. The van der Waals surface area contributed by atoms with Gasteiger partial charge in [0, 0.05) is 6.54 Å². The third-order valence-electron chi connectivity index (χ3n) is 6.88. The van der Waals surface area contributed by atoms with E-state index in [9.17, 15) is 14.4 Å². The van der Waals surface area contributed by atoms with Gasteiger partial charge in [-0.3, -0.25) is 9.59 Å². The molecule has 2 unspecified atom stereocenters. The summed E-state index contributed by atoms with van der Waals surface area (Å²) in [4.78, 5) is 43.1. The third kappa shape index (κ3) is 11.9. The van der Waals surface area contributed by atoms with E-state index in [4.69, 9.17) is 16.3 Å². The fourth-order valence-corrected chi connectivity index (χ4v) is 5.45. The van der Waals surface area contributed by atoms with Crippen LogP contribution >= 0.6 is 23.4 Å². The summed E-state index contributed by atoms with van der Waals surface area (Å²) in [6, 6.07) is 11.0. The van der Waals surface area contributed by atoms with E-state index in [-0.39, 0.29) is 11.8 Å². The minimum absolute atomic E-state index is 0.338. The minimum atomic E-state index is -0.980. The molecule has 2 rings (SSSR count). The van der Waals surface area contributed by atoms with Crippen molar-refractivity contribution < 1.29 is 19.1 Å². The predicted molar refractivity (Wildman–Crippen MR) is 181 cm³/mol. The van der Waals surface area contributed by atoms with E-state index < -0.39 is 23.8 Å². The molecular formula is C34H48ClN3O4S. The number of hydrogen-bond donors (Lipinski definition) is 2. The molecule has 3 amide bonds.